The van der Waals surface area contributed by atoms with Gasteiger partial charge in [0.15, 0.2) is 5.82 Å². The van der Waals surface area contributed by atoms with E-state index in [9.17, 15) is 14.0 Å². The number of hydrogen-bond donors (Lipinski definition) is 3. The number of nitrogens with one attached hydrogen (secondary N) is 3. The quantitative estimate of drug-likeness (QED) is 0.461. The molecule has 1 heterocycles. The van der Waals surface area contributed by atoms with Crippen LogP contribution in [0.4, 0.5) is 10.2 Å². The van der Waals surface area contributed by atoms with E-state index in [1.807, 2.05) is 37.3 Å². The molecule has 0 spiro atoms. The van der Waals surface area contributed by atoms with Gasteiger partial charge in [-0.2, -0.15) is 5.10 Å². The third kappa shape index (κ3) is 4.05. The van der Waals surface area contributed by atoms with Crippen molar-refractivity contribution in [1.29, 1.82) is 0 Å². The monoisotopic (exact) mass is 402 g/mol. The van der Waals surface area contributed by atoms with Crippen LogP contribution < -0.4 is 10.6 Å². The molecule has 6 nitrogen and oxygen atoms in total. The highest BCUT2D eigenvalue weighted by Gasteiger charge is 2.15. The normalized spacial score (nSPS) is 11.8. The molecule has 0 bridgehead atoms. The number of aromatic nitrogens is 2. The van der Waals surface area contributed by atoms with E-state index in [0.29, 0.717) is 27.8 Å². The molecule has 0 saturated heterocycles. The summed E-state index contributed by atoms with van der Waals surface area (Å²) in [5.74, 6) is -0.775. The third-order valence-corrected chi connectivity index (χ3v) is 4.81. The molecule has 2 amide bonds. The van der Waals surface area contributed by atoms with Crippen LogP contribution in [-0.2, 0) is 0 Å². The smallest absolute Gasteiger partial charge is 0.256 e. The Hall–Kier alpha value is -4.00. The second kappa shape index (κ2) is 8.16. The predicted molar refractivity (Wildman–Crippen MR) is 113 cm³/mol. The number of fused-ring (bicyclic) bond motifs is 1. The first-order valence-corrected chi connectivity index (χ1v) is 9.42. The summed E-state index contributed by atoms with van der Waals surface area (Å²) in [5.41, 5.74) is 2.43. The zero-order valence-electron chi connectivity index (χ0n) is 16.1. The highest BCUT2D eigenvalue weighted by atomic mass is 19.1. The lowest BCUT2D eigenvalue weighted by atomic mass is 10.1. The molecule has 1 aromatic heterocycles. The Morgan fingerprint density at radius 1 is 0.933 bits per heavy atom. The van der Waals surface area contributed by atoms with Crippen LogP contribution in [0.2, 0.25) is 0 Å². The largest absolute Gasteiger partial charge is 0.346 e. The minimum Gasteiger partial charge on any atom is -0.346 e. The van der Waals surface area contributed by atoms with Crippen molar-refractivity contribution >= 4 is 28.5 Å². The number of carbonyl (C=O) groups is 2. The lowest BCUT2D eigenvalue weighted by molar-refractivity contribution is 0.0939. The number of amides is 2. The lowest BCUT2D eigenvalue weighted by Crippen LogP contribution is -2.26. The van der Waals surface area contributed by atoms with Gasteiger partial charge in [0.05, 0.1) is 11.6 Å². The SMILES string of the molecule is CC(NC(=O)c1ccc2[nH]nc(NC(=O)c3ccc(F)cc3)c2c1)c1ccccc1. The number of H-pyrrole nitrogens is 1. The van der Waals surface area contributed by atoms with Crippen LogP contribution in [0.5, 0.6) is 0 Å². The molecule has 0 saturated carbocycles. The van der Waals surface area contributed by atoms with Gasteiger partial charge >= 0.3 is 0 Å². The van der Waals surface area contributed by atoms with E-state index >= 15 is 0 Å². The zero-order valence-corrected chi connectivity index (χ0v) is 16.1. The van der Waals surface area contributed by atoms with Gasteiger partial charge in [0, 0.05) is 16.5 Å². The number of aromatic amines is 1. The number of rotatable bonds is 5. The van der Waals surface area contributed by atoms with Gasteiger partial charge in [-0.15, -0.1) is 0 Å². The van der Waals surface area contributed by atoms with E-state index in [1.165, 1.54) is 24.3 Å². The van der Waals surface area contributed by atoms with Gasteiger partial charge in [0.1, 0.15) is 5.82 Å². The molecule has 0 radical (unpaired) electrons. The Bertz CT molecular complexity index is 1200. The minimum absolute atomic E-state index is 0.156. The summed E-state index contributed by atoms with van der Waals surface area (Å²) < 4.78 is 13.1. The molecule has 3 N–H and O–H groups in total. The molecule has 1 unspecified atom stereocenters. The Morgan fingerprint density at radius 2 is 1.63 bits per heavy atom. The Kier molecular flexibility index (Phi) is 5.26. The number of benzene rings is 3. The van der Waals surface area contributed by atoms with E-state index < -0.39 is 11.7 Å². The van der Waals surface area contributed by atoms with Crippen LogP contribution in [-0.4, -0.2) is 22.0 Å². The molecule has 4 rings (SSSR count). The van der Waals surface area contributed by atoms with Gasteiger partial charge in [-0.05, 0) is 55.0 Å². The topological polar surface area (TPSA) is 86.9 Å². The highest BCUT2D eigenvalue weighted by molar-refractivity contribution is 6.09. The van der Waals surface area contributed by atoms with Crippen LogP contribution in [0.15, 0.2) is 72.8 Å². The number of carbonyl (C=O) groups excluding carboxylic acids is 2. The molecular formula is C23H19FN4O2. The van der Waals surface area contributed by atoms with Crippen molar-refractivity contribution < 1.29 is 14.0 Å². The fourth-order valence-corrected chi connectivity index (χ4v) is 3.14. The first kappa shape index (κ1) is 19.3. The van der Waals surface area contributed by atoms with Crippen LogP contribution in [0, 0.1) is 5.82 Å². The molecule has 150 valence electrons. The zero-order chi connectivity index (χ0) is 21.1. The molecule has 30 heavy (non-hydrogen) atoms. The van der Waals surface area contributed by atoms with Gasteiger partial charge in [-0.25, -0.2) is 4.39 Å². The Balaban J connectivity index is 1.54. The number of nitrogens with zero attached hydrogens (tertiary/aromatic N) is 1. The van der Waals surface area contributed by atoms with Crippen molar-refractivity contribution in [3.63, 3.8) is 0 Å². The van der Waals surface area contributed by atoms with Crippen LogP contribution >= 0.6 is 0 Å². The molecular weight excluding hydrogens is 383 g/mol. The first-order chi connectivity index (χ1) is 14.5. The van der Waals surface area contributed by atoms with Gasteiger partial charge in [-0.3, -0.25) is 14.7 Å². The third-order valence-electron chi connectivity index (χ3n) is 4.81. The van der Waals surface area contributed by atoms with Crippen molar-refractivity contribution in [2.24, 2.45) is 0 Å². The minimum atomic E-state index is -0.420. The fraction of sp³-hybridized carbons (Fsp3) is 0.0870. The number of hydrogen-bond acceptors (Lipinski definition) is 3. The average molecular weight is 402 g/mol. The van der Waals surface area contributed by atoms with Gasteiger partial charge in [0.25, 0.3) is 11.8 Å². The number of anilines is 1. The number of halogens is 1. The molecule has 7 heteroatoms. The maximum atomic E-state index is 13.1. The summed E-state index contributed by atoms with van der Waals surface area (Å²) in [4.78, 5) is 25.1. The lowest BCUT2D eigenvalue weighted by Gasteiger charge is -2.14. The van der Waals surface area contributed by atoms with Crippen LogP contribution in [0.3, 0.4) is 0 Å². The van der Waals surface area contributed by atoms with Crippen LogP contribution in [0.25, 0.3) is 10.9 Å². The van der Waals surface area contributed by atoms with Crippen molar-refractivity contribution in [1.82, 2.24) is 15.5 Å². The van der Waals surface area contributed by atoms with E-state index in [2.05, 4.69) is 20.8 Å². The van der Waals surface area contributed by atoms with E-state index in [-0.39, 0.29) is 11.9 Å². The molecule has 0 fully saturated rings. The second-order valence-electron chi connectivity index (χ2n) is 6.90. The summed E-state index contributed by atoms with van der Waals surface area (Å²) in [6, 6.07) is 19.8. The molecule has 0 aliphatic heterocycles. The Labute approximate surface area is 172 Å². The molecule has 4 aromatic rings. The van der Waals surface area contributed by atoms with E-state index in [1.54, 1.807) is 18.2 Å². The second-order valence-corrected chi connectivity index (χ2v) is 6.90. The van der Waals surface area contributed by atoms with Crippen molar-refractivity contribution in [3.05, 3.63) is 95.3 Å². The summed E-state index contributed by atoms with van der Waals surface area (Å²) in [7, 11) is 0. The summed E-state index contributed by atoms with van der Waals surface area (Å²) in [5, 5.41) is 13.2. The standard InChI is InChI=1S/C23H19FN4O2/c1-14(15-5-3-2-4-6-15)25-23(30)17-9-12-20-19(13-17)21(28-27-20)26-22(29)16-7-10-18(24)11-8-16/h2-14H,1H3,(H,25,30)(H2,26,27,28,29). The average Bonchev–Trinajstić information content (AvgIpc) is 3.16. The van der Waals surface area contributed by atoms with Gasteiger partial charge < -0.3 is 10.6 Å². The summed E-state index contributed by atoms with van der Waals surface area (Å²) in [6.07, 6.45) is 0. The maximum absolute atomic E-state index is 13.1. The van der Waals surface area contributed by atoms with E-state index in [4.69, 9.17) is 0 Å². The predicted octanol–water partition coefficient (Wildman–Crippen LogP) is 4.45. The van der Waals surface area contributed by atoms with Crippen molar-refractivity contribution in [2.45, 2.75) is 13.0 Å². The fourth-order valence-electron chi connectivity index (χ4n) is 3.14. The van der Waals surface area contributed by atoms with Gasteiger partial charge in [-0.1, -0.05) is 30.3 Å². The maximum Gasteiger partial charge on any atom is 0.256 e. The van der Waals surface area contributed by atoms with Crippen molar-refractivity contribution in [3.8, 4) is 0 Å². The summed E-state index contributed by atoms with van der Waals surface area (Å²) >= 11 is 0. The van der Waals surface area contributed by atoms with Gasteiger partial charge in [0.2, 0.25) is 0 Å². The van der Waals surface area contributed by atoms with Crippen molar-refractivity contribution in [2.75, 3.05) is 5.32 Å². The molecule has 3 aromatic carbocycles. The Morgan fingerprint density at radius 3 is 2.37 bits per heavy atom. The highest BCUT2D eigenvalue weighted by Crippen LogP contribution is 2.23. The first-order valence-electron chi connectivity index (χ1n) is 9.42. The molecule has 0 aliphatic carbocycles. The summed E-state index contributed by atoms with van der Waals surface area (Å²) in [6.45, 7) is 1.91. The molecule has 0 aliphatic rings. The van der Waals surface area contributed by atoms with Crippen LogP contribution in [0.1, 0.15) is 39.2 Å². The van der Waals surface area contributed by atoms with E-state index in [0.717, 1.165) is 5.56 Å². The molecule has 1 atom stereocenters.